The summed E-state index contributed by atoms with van der Waals surface area (Å²) >= 11 is 0. The van der Waals surface area contributed by atoms with Gasteiger partial charge in [0.1, 0.15) is 11.5 Å². The maximum Gasteiger partial charge on any atom is 2.00 e. The molecule has 0 unspecified atom stereocenters. The molecule has 1 radical (unpaired) electrons. The molecule has 0 amide bonds. The van der Waals surface area contributed by atoms with Crippen molar-refractivity contribution in [3.05, 3.63) is 57.6 Å². The number of phenolic OH excluding ortho intramolecular Hbond substituents is 2. The minimum atomic E-state index is -1.08. The molecule has 0 saturated heterocycles. The van der Waals surface area contributed by atoms with Crippen molar-refractivity contribution >= 4 is 24.4 Å². The van der Waals surface area contributed by atoms with E-state index in [2.05, 4.69) is 117 Å². The average molecular weight is 740 g/mol. The Morgan fingerprint density at radius 1 is 0.580 bits per heavy atom. The van der Waals surface area contributed by atoms with E-state index < -0.39 is 11.9 Å². The van der Waals surface area contributed by atoms with E-state index in [-0.39, 0.29) is 38.4 Å². The SMILES string of the molecule is CC(=O)[O-].CC(=O)[O-].CC(C)(C)Cc1cc(C=NCCCN=Cc2cc(CC(C)(C)C)cc(CC(C)(C)C)c2O)c(O)c(CC(C)(C)C)c1.[Co+2]. The molecule has 0 bridgehead atoms. The van der Waals surface area contributed by atoms with Gasteiger partial charge in [0.2, 0.25) is 0 Å². The number of rotatable bonds is 10. The van der Waals surface area contributed by atoms with Crippen molar-refractivity contribution in [2.45, 2.75) is 129 Å². The Kier molecular flexibility index (Phi) is 20.8. The first kappa shape index (κ1) is 48.9. The van der Waals surface area contributed by atoms with E-state index in [0.29, 0.717) is 24.6 Å². The molecule has 0 saturated carbocycles. The summed E-state index contributed by atoms with van der Waals surface area (Å²) in [6, 6.07) is 8.49. The Bertz CT molecular complexity index is 1300. The number of aliphatic imine (C=N–C) groups is 2. The minimum Gasteiger partial charge on any atom is -0.550 e. The first-order valence-electron chi connectivity index (χ1n) is 17.1. The third-order valence-electron chi connectivity index (χ3n) is 6.50. The fourth-order valence-corrected chi connectivity index (χ4v) is 5.19. The molecule has 9 heteroatoms. The van der Waals surface area contributed by atoms with Crippen LogP contribution in [0.15, 0.2) is 34.3 Å². The van der Waals surface area contributed by atoms with E-state index in [0.717, 1.165) is 68.2 Å². The Balaban J connectivity index is 0. The number of carbonyl (C=O) groups is 2. The van der Waals surface area contributed by atoms with Gasteiger partial charge in [0.05, 0.1) is 0 Å². The molecule has 2 aromatic rings. The van der Waals surface area contributed by atoms with E-state index in [4.69, 9.17) is 19.8 Å². The standard InChI is InChI=1S/C37H58N2O2.2C2H4O2.Co/c1-34(2,3)20-26-16-28(22-36(7,8)9)32(40)30(18-26)24-38-14-13-15-39-25-31-19-27(21-35(4,5)6)17-29(33(31)41)23-37(10,11)12;2*1-2(3)4;/h16-19,24-25,40-41H,13-15,20-23H2,1-12H3;2*1H3,(H,3,4);/q;;;+2/p-2. The van der Waals surface area contributed by atoms with E-state index in [9.17, 15) is 10.2 Å². The monoisotopic (exact) mass is 739 g/mol. The molecular formula is C41H64CoN2O6. The van der Waals surface area contributed by atoms with Gasteiger partial charge in [-0.25, -0.2) is 0 Å². The minimum absolute atomic E-state index is 0. The van der Waals surface area contributed by atoms with Gasteiger partial charge < -0.3 is 30.0 Å². The van der Waals surface area contributed by atoms with Crippen LogP contribution in [0.2, 0.25) is 0 Å². The van der Waals surface area contributed by atoms with Crippen LogP contribution in [0.5, 0.6) is 11.5 Å². The molecule has 2 aromatic carbocycles. The Labute approximate surface area is 313 Å². The zero-order chi connectivity index (χ0) is 38.4. The third kappa shape index (κ3) is 24.9. The van der Waals surface area contributed by atoms with Crippen molar-refractivity contribution in [1.82, 2.24) is 0 Å². The average Bonchev–Trinajstić information content (AvgIpc) is 2.84. The van der Waals surface area contributed by atoms with Crippen LogP contribution in [-0.2, 0) is 52.1 Å². The molecular weight excluding hydrogens is 675 g/mol. The van der Waals surface area contributed by atoms with Crippen LogP contribution >= 0.6 is 0 Å². The van der Waals surface area contributed by atoms with E-state index in [1.54, 1.807) is 0 Å². The largest absolute Gasteiger partial charge is 2.00 e. The number of carboxylic acid groups (broad SMARTS) is 2. The van der Waals surface area contributed by atoms with Crippen LogP contribution in [0.4, 0.5) is 0 Å². The quantitative estimate of drug-likeness (QED) is 0.201. The molecule has 0 spiro atoms. The second kappa shape index (κ2) is 21.3. The molecule has 0 aromatic heterocycles. The van der Waals surface area contributed by atoms with Crippen molar-refractivity contribution in [1.29, 1.82) is 0 Å². The zero-order valence-corrected chi connectivity index (χ0v) is 34.2. The number of aliphatic carboxylic acids is 2. The molecule has 2 N–H and O–H groups in total. The molecule has 283 valence electrons. The summed E-state index contributed by atoms with van der Waals surface area (Å²) < 4.78 is 0. The summed E-state index contributed by atoms with van der Waals surface area (Å²) in [4.78, 5) is 27.1. The predicted molar refractivity (Wildman–Crippen MR) is 200 cm³/mol. The molecule has 0 aliphatic carbocycles. The van der Waals surface area contributed by atoms with Gasteiger partial charge in [0.25, 0.3) is 0 Å². The number of benzene rings is 2. The normalized spacial score (nSPS) is 12.1. The van der Waals surface area contributed by atoms with Gasteiger partial charge in [-0.1, -0.05) is 95.2 Å². The third-order valence-corrected chi connectivity index (χ3v) is 6.50. The van der Waals surface area contributed by atoms with Crippen molar-refractivity contribution in [3.8, 4) is 11.5 Å². The van der Waals surface area contributed by atoms with Gasteiger partial charge in [-0.05, 0) is 102 Å². The summed E-state index contributed by atoms with van der Waals surface area (Å²) in [5.74, 6) is -1.48. The molecule has 0 heterocycles. The Hall–Kier alpha value is -3.17. The van der Waals surface area contributed by atoms with Gasteiger partial charge in [0.15, 0.2) is 0 Å². The molecule has 8 nitrogen and oxygen atoms in total. The molecule has 0 atom stereocenters. The van der Waals surface area contributed by atoms with Gasteiger partial charge in [-0.3, -0.25) is 9.98 Å². The fourth-order valence-electron chi connectivity index (χ4n) is 5.19. The topological polar surface area (TPSA) is 145 Å². The molecule has 0 aliphatic rings. The first-order valence-corrected chi connectivity index (χ1v) is 17.1. The van der Waals surface area contributed by atoms with Crippen molar-refractivity contribution in [2.24, 2.45) is 31.6 Å². The number of carbonyl (C=O) groups excluding carboxylic acids is 2. The van der Waals surface area contributed by atoms with Gasteiger partial charge >= 0.3 is 16.8 Å². The number of hydrogen-bond acceptors (Lipinski definition) is 8. The molecule has 0 aliphatic heterocycles. The maximum atomic E-state index is 11.0. The van der Waals surface area contributed by atoms with Crippen LogP contribution in [0.25, 0.3) is 0 Å². The summed E-state index contributed by atoms with van der Waals surface area (Å²) in [5.41, 5.74) is 6.53. The van der Waals surface area contributed by atoms with Crippen molar-refractivity contribution in [3.63, 3.8) is 0 Å². The number of phenols is 2. The van der Waals surface area contributed by atoms with E-state index in [1.165, 1.54) is 11.1 Å². The second-order valence-corrected chi connectivity index (χ2v) is 17.7. The molecule has 2 rings (SSSR count). The predicted octanol–water partition coefficient (Wildman–Crippen LogP) is 6.89. The zero-order valence-electron chi connectivity index (χ0n) is 33.2. The summed E-state index contributed by atoms with van der Waals surface area (Å²) in [6.07, 6.45) is 7.95. The molecule has 50 heavy (non-hydrogen) atoms. The summed E-state index contributed by atoms with van der Waals surface area (Å²) in [6.45, 7) is 29.8. The van der Waals surface area contributed by atoms with Crippen molar-refractivity contribution < 1.29 is 46.8 Å². The second-order valence-electron chi connectivity index (χ2n) is 17.7. The Morgan fingerprint density at radius 2 is 0.840 bits per heavy atom. The number of carboxylic acids is 2. The maximum absolute atomic E-state index is 11.0. The van der Waals surface area contributed by atoms with Crippen LogP contribution < -0.4 is 10.2 Å². The number of aromatic hydroxyl groups is 2. The smallest absolute Gasteiger partial charge is 0.550 e. The van der Waals surface area contributed by atoms with Crippen LogP contribution in [0.3, 0.4) is 0 Å². The number of hydrogen-bond donors (Lipinski definition) is 2. The van der Waals surface area contributed by atoms with Gasteiger partial charge in [0, 0.05) is 48.6 Å². The fraction of sp³-hybridized carbons (Fsp3) is 0.610. The van der Waals surface area contributed by atoms with E-state index >= 15 is 0 Å². The van der Waals surface area contributed by atoms with Crippen LogP contribution in [0, 0.1) is 21.7 Å². The molecule has 0 fully saturated rings. The van der Waals surface area contributed by atoms with Crippen molar-refractivity contribution in [2.75, 3.05) is 13.1 Å². The van der Waals surface area contributed by atoms with Crippen LogP contribution in [0.1, 0.15) is 137 Å². The summed E-state index contributed by atoms with van der Waals surface area (Å²) in [5, 5.41) is 39.8. The van der Waals surface area contributed by atoms with Gasteiger partial charge in [-0.15, -0.1) is 0 Å². The Morgan fingerprint density at radius 3 is 1.08 bits per heavy atom. The van der Waals surface area contributed by atoms with Gasteiger partial charge in [-0.2, -0.15) is 0 Å². The van der Waals surface area contributed by atoms with E-state index in [1.807, 2.05) is 12.4 Å². The first-order chi connectivity index (χ1) is 22.1. The summed E-state index contributed by atoms with van der Waals surface area (Å²) in [7, 11) is 0. The van der Waals surface area contributed by atoms with Crippen LogP contribution in [-0.4, -0.2) is 47.7 Å². The number of nitrogens with zero attached hydrogens (tertiary/aromatic N) is 2.